The monoisotopic (exact) mass is 320 g/mol. The van der Waals surface area contributed by atoms with Crippen LogP contribution in [-0.2, 0) is 4.79 Å². The number of hydrogen-bond donors (Lipinski definition) is 2. The van der Waals surface area contributed by atoms with E-state index >= 15 is 0 Å². The van der Waals surface area contributed by atoms with E-state index < -0.39 is 6.04 Å². The van der Waals surface area contributed by atoms with E-state index in [1.165, 1.54) is 0 Å². The Balaban J connectivity index is 1.87. The zero-order valence-electron chi connectivity index (χ0n) is 12.2. The molecule has 2 N–H and O–H groups in total. The third kappa shape index (κ3) is 2.68. The second kappa shape index (κ2) is 6.01. The van der Waals surface area contributed by atoms with Crippen molar-refractivity contribution in [3.8, 4) is 0 Å². The molecule has 1 aliphatic heterocycles. The summed E-state index contributed by atoms with van der Waals surface area (Å²) in [6, 6.07) is 4.87. The molecule has 0 unspecified atom stereocenters. The van der Waals surface area contributed by atoms with Gasteiger partial charge in [0.05, 0.1) is 5.02 Å². The van der Waals surface area contributed by atoms with E-state index in [1.54, 1.807) is 6.07 Å². The minimum atomic E-state index is -0.516. The van der Waals surface area contributed by atoms with Crippen LogP contribution in [0.1, 0.15) is 35.4 Å². The lowest BCUT2D eigenvalue weighted by molar-refractivity contribution is -0.122. The zero-order valence-corrected chi connectivity index (χ0v) is 13.0. The Morgan fingerprint density at radius 2 is 2.23 bits per heavy atom. The quantitative estimate of drug-likeness (QED) is 0.893. The molecule has 5 nitrogen and oxygen atoms in total. The van der Waals surface area contributed by atoms with E-state index in [4.69, 9.17) is 16.0 Å². The number of fused-ring (bicyclic) bond motifs is 1. The van der Waals surface area contributed by atoms with Crippen LogP contribution >= 0.6 is 11.6 Å². The van der Waals surface area contributed by atoms with Crippen LogP contribution in [0.25, 0.3) is 11.0 Å². The van der Waals surface area contributed by atoms with Crippen molar-refractivity contribution in [3.63, 3.8) is 0 Å². The summed E-state index contributed by atoms with van der Waals surface area (Å²) < 4.78 is 5.62. The van der Waals surface area contributed by atoms with Gasteiger partial charge in [-0.25, -0.2) is 0 Å². The standard InChI is InChI=1S/C16H17ClN2O3/c1-9-10-5-4-6-11(17)14(10)22-13(9)16(21)19-12-7-2-3-8-18-15(12)20/h4-6,12H,2-3,7-8H2,1H3,(H,18,20)(H,19,21)/t12-/m1/s1. The molecule has 1 saturated heterocycles. The second-order valence-electron chi connectivity index (χ2n) is 5.49. The van der Waals surface area contributed by atoms with Gasteiger partial charge in [0.1, 0.15) is 6.04 Å². The summed E-state index contributed by atoms with van der Waals surface area (Å²) >= 11 is 6.09. The van der Waals surface area contributed by atoms with Crippen LogP contribution in [0.3, 0.4) is 0 Å². The van der Waals surface area contributed by atoms with Crippen molar-refractivity contribution in [2.75, 3.05) is 6.54 Å². The van der Waals surface area contributed by atoms with Gasteiger partial charge in [-0.15, -0.1) is 0 Å². The van der Waals surface area contributed by atoms with Crippen LogP contribution in [0.5, 0.6) is 0 Å². The fraction of sp³-hybridized carbons (Fsp3) is 0.375. The fourth-order valence-corrected chi connectivity index (χ4v) is 2.94. The Morgan fingerprint density at radius 1 is 1.41 bits per heavy atom. The molecule has 3 rings (SSSR count). The molecule has 0 bridgehead atoms. The van der Waals surface area contributed by atoms with Crippen molar-refractivity contribution in [1.29, 1.82) is 0 Å². The van der Waals surface area contributed by atoms with E-state index in [2.05, 4.69) is 10.6 Å². The number of benzene rings is 1. The van der Waals surface area contributed by atoms with Gasteiger partial charge in [0, 0.05) is 17.5 Å². The smallest absolute Gasteiger partial charge is 0.287 e. The number of halogens is 1. The van der Waals surface area contributed by atoms with Gasteiger partial charge < -0.3 is 15.1 Å². The number of amides is 2. The van der Waals surface area contributed by atoms with Crippen molar-refractivity contribution < 1.29 is 14.0 Å². The summed E-state index contributed by atoms with van der Waals surface area (Å²) in [5, 5.41) is 6.83. The lowest BCUT2D eigenvalue weighted by Gasteiger charge is -2.14. The third-order valence-corrected chi connectivity index (χ3v) is 4.26. The number of carbonyl (C=O) groups is 2. The highest BCUT2D eigenvalue weighted by Gasteiger charge is 2.26. The minimum absolute atomic E-state index is 0.141. The van der Waals surface area contributed by atoms with Crippen LogP contribution in [0, 0.1) is 6.92 Å². The molecule has 0 radical (unpaired) electrons. The van der Waals surface area contributed by atoms with Crippen LogP contribution in [0.2, 0.25) is 5.02 Å². The third-order valence-electron chi connectivity index (χ3n) is 3.96. The molecule has 22 heavy (non-hydrogen) atoms. The minimum Gasteiger partial charge on any atom is -0.449 e. The average molecular weight is 321 g/mol. The molecule has 1 aliphatic rings. The summed E-state index contributed by atoms with van der Waals surface area (Å²) in [4.78, 5) is 24.4. The summed E-state index contributed by atoms with van der Waals surface area (Å²) in [7, 11) is 0. The van der Waals surface area contributed by atoms with Gasteiger partial charge in [-0.1, -0.05) is 23.7 Å². The molecular weight excluding hydrogens is 304 g/mol. The molecule has 116 valence electrons. The number of nitrogens with one attached hydrogen (secondary N) is 2. The molecule has 6 heteroatoms. The van der Waals surface area contributed by atoms with Gasteiger partial charge in [-0.3, -0.25) is 9.59 Å². The molecular formula is C16H17ClN2O3. The highest BCUT2D eigenvalue weighted by atomic mass is 35.5. The molecule has 0 saturated carbocycles. The number of furan rings is 1. The van der Waals surface area contributed by atoms with E-state index in [0.717, 1.165) is 23.8 Å². The number of para-hydroxylation sites is 1. The summed E-state index contributed by atoms with van der Waals surface area (Å²) in [6.07, 6.45) is 2.46. The topological polar surface area (TPSA) is 71.3 Å². The van der Waals surface area contributed by atoms with Crippen LogP contribution in [-0.4, -0.2) is 24.4 Å². The summed E-state index contributed by atoms with van der Waals surface area (Å²) in [5.74, 6) is -0.315. The van der Waals surface area contributed by atoms with Crippen molar-refractivity contribution >= 4 is 34.4 Å². The number of aryl methyl sites for hydroxylation is 1. The van der Waals surface area contributed by atoms with Crippen LogP contribution < -0.4 is 10.6 Å². The predicted octanol–water partition coefficient (Wildman–Crippen LogP) is 2.79. The van der Waals surface area contributed by atoms with Gasteiger partial charge in [-0.2, -0.15) is 0 Å². The molecule has 2 amide bonds. The molecule has 1 aromatic heterocycles. The van der Waals surface area contributed by atoms with E-state index in [9.17, 15) is 9.59 Å². The van der Waals surface area contributed by atoms with Gasteiger partial charge in [0.2, 0.25) is 5.91 Å². The molecule has 2 heterocycles. The number of rotatable bonds is 2. The maximum Gasteiger partial charge on any atom is 0.287 e. The normalized spacial score (nSPS) is 18.8. The van der Waals surface area contributed by atoms with Crippen molar-refractivity contribution in [2.45, 2.75) is 32.2 Å². The van der Waals surface area contributed by atoms with Gasteiger partial charge in [-0.05, 0) is 32.3 Å². The molecule has 1 atom stereocenters. The predicted molar refractivity (Wildman–Crippen MR) is 84.1 cm³/mol. The first-order valence-electron chi connectivity index (χ1n) is 7.34. The van der Waals surface area contributed by atoms with E-state index in [0.29, 0.717) is 23.6 Å². The lowest BCUT2D eigenvalue weighted by Crippen LogP contribution is -2.45. The van der Waals surface area contributed by atoms with Gasteiger partial charge in [0.25, 0.3) is 5.91 Å². The first kappa shape index (κ1) is 14.9. The molecule has 1 fully saturated rings. The largest absolute Gasteiger partial charge is 0.449 e. The molecule has 0 spiro atoms. The molecule has 1 aromatic carbocycles. The number of carbonyl (C=O) groups excluding carboxylic acids is 2. The highest BCUT2D eigenvalue weighted by Crippen LogP contribution is 2.30. The molecule has 0 aliphatic carbocycles. The lowest BCUT2D eigenvalue weighted by atomic mass is 10.1. The Labute approximate surface area is 133 Å². The Hall–Kier alpha value is -2.01. The van der Waals surface area contributed by atoms with Crippen LogP contribution in [0.15, 0.2) is 22.6 Å². The van der Waals surface area contributed by atoms with E-state index in [-0.39, 0.29) is 17.6 Å². The van der Waals surface area contributed by atoms with Gasteiger partial charge in [0.15, 0.2) is 11.3 Å². The summed E-state index contributed by atoms with van der Waals surface area (Å²) in [6.45, 7) is 2.47. The SMILES string of the molecule is Cc1c(C(=O)N[C@@H]2CCCCNC2=O)oc2c(Cl)cccc12. The first-order valence-corrected chi connectivity index (χ1v) is 7.72. The maximum absolute atomic E-state index is 12.4. The molecule has 2 aromatic rings. The zero-order chi connectivity index (χ0) is 15.7. The van der Waals surface area contributed by atoms with Crippen LogP contribution in [0.4, 0.5) is 0 Å². The Bertz CT molecular complexity index is 738. The Kier molecular flexibility index (Phi) is 4.07. The Morgan fingerprint density at radius 3 is 3.00 bits per heavy atom. The fourth-order valence-electron chi connectivity index (χ4n) is 2.73. The van der Waals surface area contributed by atoms with Crippen molar-refractivity contribution in [1.82, 2.24) is 10.6 Å². The maximum atomic E-state index is 12.4. The van der Waals surface area contributed by atoms with Crippen molar-refractivity contribution in [3.05, 3.63) is 34.5 Å². The second-order valence-corrected chi connectivity index (χ2v) is 5.89. The van der Waals surface area contributed by atoms with E-state index in [1.807, 2.05) is 19.1 Å². The van der Waals surface area contributed by atoms with Crippen molar-refractivity contribution in [2.24, 2.45) is 0 Å². The summed E-state index contributed by atoms with van der Waals surface area (Å²) in [5.41, 5.74) is 1.22. The number of hydrogen-bond acceptors (Lipinski definition) is 3. The first-order chi connectivity index (χ1) is 10.6. The average Bonchev–Trinajstić information content (AvgIpc) is 2.71. The van der Waals surface area contributed by atoms with Gasteiger partial charge >= 0.3 is 0 Å². The highest BCUT2D eigenvalue weighted by molar-refractivity contribution is 6.35.